The minimum Gasteiger partial charge on any atom is -0.329 e. The Hall–Kier alpha value is -0.0800. The molecule has 0 amide bonds. The molecule has 1 saturated carbocycles. The van der Waals surface area contributed by atoms with Crippen LogP contribution in [-0.2, 0) is 0 Å². The number of rotatable bonds is 3. The SMILES string of the molecule is CC1CC(C)C(C)N(C2(CN)CC(C(C)C)C2)C1. The number of hydrogen-bond acceptors (Lipinski definition) is 2. The highest BCUT2D eigenvalue weighted by molar-refractivity contribution is 5.07. The first-order valence-electron chi connectivity index (χ1n) is 7.86. The average Bonchev–Trinajstić information content (AvgIpc) is 2.23. The van der Waals surface area contributed by atoms with E-state index in [1.807, 2.05) is 0 Å². The quantitative estimate of drug-likeness (QED) is 0.836. The van der Waals surface area contributed by atoms with Crippen molar-refractivity contribution in [3.05, 3.63) is 0 Å². The summed E-state index contributed by atoms with van der Waals surface area (Å²) >= 11 is 0. The van der Waals surface area contributed by atoms with Crippen LogP contribution in [0.3, 0.4) is 0 Å². The van der Waals surface area contributed by atoms with Crippen LogP contribution in [0.25, 0.3) is 0 Å². The van der Waals surface area contributed by atoms with Gasteiger partial charge in [-0.05, 0) is 49.9 Å². The molecule has 0 spiro atoms. The Morgan fingerprint density at radius 2 is 1.83 bits per heavy atom. The highest BCUT2D eigenvalue weighted by atomic mass is 15.3. The van der Waals surface area contributed by atoms with Crippen molar-refractivity contribution in [2.45, 2.75) is 65.5 Å². The van der Waals surface area contributed by atoms with E-state index < -0.39 is 0 Å². The minimum atomic E-state index is 0.331. The van der Waals surface area contributed by atoms with Gasteiger partial charge in [-0.3, -0.25) is 4.90 Å². The maximum atomic E-state index is 6.17. The second kappa shape index (κ2) is 5.13. The summed E-state index contributed by atoms with van der Waals surface area (Å²) in [5.41, 5.74) is 6.50. The first kappa shape index (κ1) is 14.3. The lowest BCUT2D eigenvalue weighted by Gasteiger charge is -2.60. The summed E-state index contributed by atoms with van der Waals surface area (Å²) in [5, 5.41) is 0. The summed E-state index contributed by atoms with van der Waals surface area (Å²) in [7, 11) is 0. The van der Waals surface area contributed by atoms with Crippen LogP contribution >= 0.6 is 0 Å². The first-order chi connectivity index (χ1) is 8.39. The molecule has 0 aromatic carbocycles. The van der Waals surface area contributed by atoms with Crippen LogP contribution in [0.4, 0.5) is 0 Å². The second-order valence-electron chi connectivity index (χ2n) is 7.55. The molecule has 2 aliphatic rings. The zero-order valence-electron chi connectivity index (χ0n) is 12.9. The van der Waals surface area contributed by atoms with E-state index in [-0.39, 0.29) is 0 Å². The van der Waals surface area contributed by atoms with Crippen molar-refractivity contribution in [3.63, 3.8) is 0 Å². The fourth-order valence-electron chi connectivity index (χ4n) is 4.25. The molecule has 18 heavy (non-hydrogen) atoms. The van der Waals surface area contributed by atoms with Gasteiger partial charge in [-0.1, -0.05) is 27.7 Å². The summed E-state index contributed by atoms with van der Waals surface area (Å²) in [6, 6.07) is 0.706. The van der Waals surface area contributed by atoms with E-state index in [4.69, 9.17) is 5.73 Å². The molecule has 3 unspecified atom stereocenters. The third kappa shape index (κ3) is 2.34. The number of likely N-dealkylation sites (tertiary alicyclic amines) is 1. The van der Waals surface area contributed by atoms with Gasteiger partial charge in [0.05, 0.1) is 0 Å². The zero-order valence-corrected chi connectivity index (χ0v) is 12.9. The molecule has 0 aromatic rings. The Bertz CT molecular complexity index is 281. The van der Waals surface area contributed by atoms with Crippen molar-refractivity contribution in [2.24, 2.45) is 29.4 Å². The monoisotopic (exact) mass is 252 g/mol. The fraction of sp³-hybridized carbons (Fsp3) is 1.00. The summed E-state index contributed by atoms with van der Waals surface area (Å²) in [6.45, 7) is 14.0. The number of hydrogen-bond donors (Lipinski definition) is 1. The number of nitrogens with two attached hydrogens (primary N) is 1. The first-order valence-corrected chi connectivity index (χ1v) is 7.86. The third-order valence-electron chi connectivity index (χ3n) is 5.81. The summed E-state index contributed by atoms with van der Waals surface area (Å²) in [4.78, 5) is 2.77. The normalized spacial score (nSPS) is 46.2. The predicted molar refractivity (Wildman–Crippen MR) is 78.5 cm³/mol. The van der Waals surface area contributed by atoms with Gasteiger partial charge in [0.2, 0.25) is 0 Å². The lowest BCUT2D eigenvalue weighted by atomic mass is 9.61. The van der Waals surface area contributed by atoms with Crippen molar-refractivity contribution in [1.82, 2.24) is 4.90 Å². The molecule has 106 valence electrons. The molecular weight excluding hydrogens is 220 g/mol. The van der Waals surface area contributed by atoms with Crippen LogP contribution in [0.5, 0.6) is 0 Å². The van der Waals surface area contributed by atoms with Crippen LogP contribution in [0.1, 0.15) is 53.9 Å². The van der Waals surface area contributed by atoms with Crippen molar-refractivity contribution in [1.29, 1.82) is 0 Å². The third-order valence-corrected chi connectivity index (χ3v) is 5.81. The molecule has 0 radical (unpaired) electrons. The molecule has 2 nitrogen and oxygen atoms in total. The summed E-state index contributed by atoms with van der Waals surface area (Å²) < 4.78 is 0. The van der Waals surface area contributed by atoms with Crippen LogP contribution in [-0.4, -0.2) is 29.6 Å². The van der Waals surface area contributed by atoms with Gasteiger partial charge in [0.25, 0.3) is 0 Å². The van der Waals surface area contributed by atoms with Crippen LogP contribution in [0.15, 0.2) is 0 Å². The van der Waals surface area contributed by atoms with Crippen LogP contribution in [0.2, 0.25) is 0 Å². The molecule has 0 bridgehead atoms. The maximum Gasteiger partial charge on any atom is 0.0340 e. The number of nitrogens with zero attached hydrogens (tertiary/aromatic N) is 1. The molecule has 2 heteroatoms. The molecular formula is C16H32N2. The van der Waals surface area contributed by atoms with E-state index in [1.165, 1.54) is 25.8 Å². The Balaban J connectivity index is 2.08. The standard InChI is InChI=1S/C16H32N2/c1-11(2)15-7-16(8-15,10-17)18-9-12(3)6-13(4)14(18)5/h11-15H,6-10,17H2,1-5H3. The van der Waals surface area contributed by atoms with E-state index in [9.17, 15) is 0 Å². The van der Waals surface area contributed by atoms with Gasteiger partial charge in [-0.25, -0.2) is 0 Å². The largest absolute Gasteiger partial charge is 0.329 e. The molecule has 1 aliphatic heterocycles. The summed E-state index contributed by atoms with van der Waals surface area (Å²) in [6.07, 6.45) is 4.03. The van der Waals surface area contributed by atoms with Gasteiger partial charge in [0.1, 0.15) is 0 Å². The topological polar surface area (TPSA) is 29.3 Å². The van der Waals surface area contributed by atoms with E-state index in [1.54, 1.807) is 0 Å². The molecule has 1 aliphatic carbocycles. The molecule has 1 saturated heterocycles. The van der Waals surface area contributed by atoms with E-state index in [2.05, 4.69) is 39.5 Å². The van der Waals surface area contributed by atoms with Gasteiger partial charge in [-0.2, -0.15) is 0 Å². The summed E-state index contributed by atoms with van der Waals surface area (Å²) in [5.74, 6) is 3.36. The van der Waals surface area contributed by atoms with Gasteiger partial charge < -0.3 is 5.73 Å². The van der Waals surface area contributed by atoms with Crippen molar-refractivity contribution < 1.29 is 0 Å². The number of piperidine rings is 1. The molecule has 2 fully saturated rings. The van der Waals surface area contributed by atoms with Crippen molar-refractivity contribution >= 4 is 0 Å². The maximum absolute atomic E-state index is 6.17. The Kier molecular flexibility index (Phi) is 4.08. The fourth-order valence-corrected chi connectivity index (χ4v) is 4.25. The van der Waals surface area contributed by atoms with Gasteiger partial charge in [0.15, 0.2) is 0 Å². The average molecular weight is 252 g/mol. The van der Waals surface area contributed by atoms with Crippen LogP contribution in [0, 0.1) is 23.7 Å². The highest BCUT2D eigenvalue weighted by Gasteiger charge is 2.51. The van der Waals surface area contributed by atoms with Crippen molar-refractivity contribution in [3.8, 4) is 0 Å². The van der Waals surface area contributed by atoms with Crippen LogP contribution < -0.4 is 5.73 Å². The molecule has 0 aromatic heterocycles. The molecule has 2 rings (SSSR count). The highest BCUT2D eigenvalue weighted by Crippen LogP contribution is 2.48. The van der Waals surface area contributed by atoms with E-state index in [0.29, 0.717) is 11.6 Å². The smallest absolute Gasteiger partial charge is 0.0340 e. The predicted octanol–water partition coefficient (Wildman–Crippen LogP) is 3.12. The Labute approximate surface area is 113 Å². The second-order valence-corrected chi connectivity index (χ2v) is 7.55. The van der Waals surface area contributed by atoms with Gasteiger partial charge >= 0.3 is 0 Å². The van der Waals surface area contributed by atoms with Gasteiger partial charge in [-0.15, -0.1) is 0 Å². The molecule has 3 atom stereocenters. The van der Waals surface area contributed by atoms with Crippen molar-refractivity contribution in [2.75, 3.05) is 13.1 Å². The van der Waals surface area contributed by atoms with E-state index in [0.717, 1.165) is 30.2 Å². The van der Waals surface area contributed by atoms with E-state index >= 15 is 0 Å². The lowest BCUT2D eigenvalue weighted by Crippen LogP contribution is -2.67. The van der Waals surface area contributed by atoms with Gasteiger partial charge in [0, 0.05) is 24.7 Å². The Morgan fingerprint density at radius 1 is 1.22 bits per heavy atom. The zero-order chi connectivity index (χ0) is 13.5. The molecule has 2 N–H and O–H groups in total. The lowest BCUT2D eigenvalue weighted by molar-refractivity contribution is -0.0918. The Morgan fingerprint density at radius 3 is 2.33 bits per heavy atom. The molecule has 1 heterocycles. The minimum absolute atomic E-state index is 0.331.